The van der Waals surface area contributed by atoms with E-state index >= 15 is 0 Å². The summed E-state index contributed by atoms with van der Waals surface area (Å²) in [6, 6.07) is 12.9. The van der Waals surface area contributed by atoms with Gasteiger partial charge in [-0.1, -0.05) is 35.9 Å². The molecule has 0 fully saturated rings. The SMILES string of the molecule is Cc1cccc(CNCc2cccs2)c1. The van der Waals surface area contributed by atoms with Gasteiger partial charge in [0.15, 0.2) is 0 Å². The Balaban J connectivity index is 1.83. The number of nitrogens with one attached hydrogen (secondary N) is 1. The van der Waals surface area contributed by atoms with Gasteiger partial charge in [-0.3, -0.25) is 0 Å². The molecule has 0 saturated heterocycles. The van der Waals surface area contributed by atoms with Crippen LogP contribution in [-0.4, -0.2) is 0 Å². The van der Waals surface area contributed by atoms with Crippen LogP contribution in [0.25, 0.3) is 0 Å². The van der Waals surface area contributed by atoms with Gasteiger partial charge in [0.2, 0.25) is 0 Å². The van der Waals surface area contributed by atoms with Crippen molar-refractivity contribution in [3.8, 4) is 0 Å². The molecule has 2 heteroatoms. The zero-order valence-corrected chi connectivity index (χ0v) is 9.68. The monoisotopic (exact) mass is 217 g/mol. The van der Waals surface area contributed by atoms with Crippen LogP contribution in [0, 0.1) is 6.92 Å². The van der Waals surface area contributed by atoms with Crippen LogP contribution in [0.15, 0.2) is 41.8 Å². The molecule has 15 heavy (non-hydrogen) atoms. The summed E-state index contributed by atoms with van der Waals surface area (Å²) in [5, 5.41) is 5.56. The molecule has 0 aliphatic rings. The summed E-state index contributed by atoms with van der Waals surface area (Å²) in [6.45, 7) is 4.04. The van der Waals surface area contributed by atoms with Crippen LogP contribution in [0.2, 0.25) is 0 Å². The summed E-state index contributed by atoms with van der Waals surface area (Å²) < 4.78 is 0. The Kier molecular flexibility index (Phi) is 3.54. The van der Waals surface area contributed by atoms with Crippen LogP contribution in [-0.2, 0) is 13.1 Å². The molecule has 0 saturated carbocycles. The first-order chi connectivity index (χ1) is 7.34. The molecular weight excluding hydrogens is 202 g/mol. The predicted molar refractivity (Wildman–Crippen MR) is 66.0 cm³/mol. The highest BCUT2D eigenvalue weighted by Gasteiger charge is 1.94. The van der Waals surface area contributed by atoms with E-state index in [1.165, 1.54) is 16.0 Å². The smallest absolute Gasteiger partial charge is 0.0302 e. The summed E-state index contributed by atoms with van der Waals surface area (Å²) in [4.78, 5) is 1.39. The molecule has 2 aromatic rings. The molecule has 0 spiro atoms. The summed E-state index contributed by atoms with van der Waals surface area (Å²) in [6.07, 6.45) is 0. The highest BCUT2D eigenvalue weighted by molar-refractivity contribution is 7.09. The molecular formula is C13H15NS. The van der Waals surface area contributed by atoms with Gasteiger partial charge in [0, 0.05) is 18.0 Å². The number of benzene rings is 1. The van der Waals surface area contributed by atoms with E-state index in [1.54, 1.807) is 11.3 Å². The van der Waals surface area contributed by atoms with Crippen molar-refractivity contribution in [2.75, 3.05) is 0 Å². The second-order valence-corrected chi connectivity index (χ2v) is 4.70. The number of thiophene rings is 1. The lowest BCUT2D eigenvalue weighted by Crippen LogP contribution is -2.11. The normalized spacial score (nSPS) is 10.5. The first-order valence-electron chi connectivity index (χ1n) is 5.13. The third kappa shape index (κ3) is 3.18. The molecule has 0 bridgehead atoms. The van der Waals surface area contributed by atoms with Crippen molar-refractivity contribution >= 4 is 11.3 Å². The number of hydrogen-bond acceptors (Lipinski definition) is 2. The van der Waals surface area contributed by atoms with Gasteiger partial charge in [0.25, 0.3) is 0 Å². The summed E-state index contributed by atoms with van der Waals surface area (Å²) in [7, 11) is 0. The summed E-state index contributed by atoms with van der Waals surface area (Å²) in [5.74, 6) is 0. The van der Waals surface area contributed by atoms with Crippen LogP contribution in [0.4, 0.5) is 0 Å². The maximum Gasteiger partial charge on any atom is 0.0302 e. The van der Waals surface area contributed by atoms with Crippen molar-refractivity contribution in [2.45, 2.75) is 20.0 Å². The quantitative estimate of drug-likeness (QED) is 0.828. The van der Waals surface area contributed by atoms with E-state index in [0.29, 0.717) is 0 Å². The maximum atomic E-state index is 3.44. The van der Waals surface area contributed by atoms with Crippen LogP contribution in [0.1, 0.15) is 16.0 Å². The lowest BCUT2D eigenvalue weighted by atomic mass is 10.1. The second-order valence-electron chi connectivity index (χ2n) is 3.67. The Labute approximate surface area is 94.8 Å². The third-order valence-electron chi connectivity index (χ3n) is 2.29. The minimum atomic E-state index is 0.944. The van der Waals surface area contributed by atoms with E-state index in [2.05, 4.69) is 54.0 Å². The minimum absolute atomic E-state index is 0.944. The van der Waals surface area contributed by atoms with E-state index in [-0.39, 0.29) is 0 Å². The largest absolute Gasteiger partial charge is 0.308 e. The molecule has 2 rings (SSSR count). The van der Waals surface area contributed by atoms with Crippen LogP contribution < -0.4 is 5.32 Å². The standard InChI is InChI=1S/C13H15NS/c1-11-4-2-5-12(8-11)9-14-10-13-6-3-7-15-13/h2-8,14H,9-10H2,1H3. The molecule has 0 amide bonds. The van der Waals surface area contributed by atoms with Gasteiger partial charge >= 0.3 is 0 Å². The highest BCUT2D eigenvalue weighted by atomic mass is 32.1. The molecule has 0 radical (unpaired) electrons. The van der Waals surface area contributed by atoms with Crippen molar-refractivity contribution in [2.24, 2.45) is 0 Å². The highest BCUT2D eigenvalue weighted by Crippen LogP contribution is 2.08. The molecule has 1 heterocycles. The molecule has 1 aromatic heterocycles. The van der Waals surface area contributed by atoms with E-state index < -0.39 is 0 Å². The summed E-state index contributed by atoms with van der Waals surface area (Å²) >= 11 is 1.80. The zero-order valence-electron chi connectivity index (χ0n) is 8.86. The number of hydrogen-bond donors (Lipinski definition) is 1. The fourth-order valence-corrected chi connectivity index (χ4v) is 2.24. The molecule has 0 aliphatic heterocycles. The molecule has 1 nitrogen and oxygen atoms in total. The molecule has 1 aromatic carbocycles. The second kappa shape index (κ2) is 5.10. The van der Waals surface area contributed by atoms with E-state index in [4.69, 9.17) is 0 Å². The third-order valence-corrected chi connectivity index (χ3v) is 3.17. The van der Waals surface area contributed by atoms with Gasteiger partial charge in [-0.05, 0) is 23.9 Å². The number of rotatable bonds is 4. The number of aryl methyl sites for hydroxylation is 1. The van der Waals surface area contributed by atoms with Crippen molar-refractivity contribution in [1.29, 1.82) is 0 Å². The van der Waals surface area contributed by atoms with Gasteiger partial charge in [-0.15, -0.1) is 11.3 Å². The predicted octanol–water partition coefficient (Wildman–Crippen LogP) is 3.35. The Hall–Kier alpha value is -1.12. The Morgan fingerprint density at radius 1 is 1.13 bits per heavy atom. The molecule has 0 unspecified atom stereocenters. The average Bonchev–Trinajstić information content (AvgIpc) is 2.71. The van der Waals surface area contributed by atoms with Crippen molar-refractivity contribution in [1.82, 2.24) is 5.32 Å². The maximum absolute atomic E-state index is 3.44. The molecule has 0 atom stereocenters. The lowest BCUT2D eigenvalue weighted by molar-refractivity contribution is 0.700. The van der Waals surface area contributed by atoms with Crippen LogP contribution >= 0.6 is 11.3 Å². The zero-order chi connectivity index (χ0) is 10.5. The van der Waals surface area contributed by atoms with E-state index in [0.717, 1.165) is 13.1 Å². The average molecular weight is 217 g/mol. The van der Waals surface area contributed by atoms with Gasteiger partial charge in [0.1, 0.15) is 0 Å². The Morgan fingerprint density at radius 2 is 2.07 bits per heavy atom. The van der Waals surface area contributed by atoms with Gasteiger partial charge in [-0.25, -0.2) is 0 Å². The van der Waals surface area contributed by atoms with E-state index in [9.17, 15) is 0 Å². The van der Waals surface area contributed by atoms with Crippen molar-refractivity contribution in [3.63, 3.8) is 0 Å². The van der Waals surface area contributed by atoms with Gasteiger partial charge in [-0.2, -0.15) is 0 Å². The Bertz CT molecular complexity index is 406. The minimum Gasteiger partial charge on any atom is -0.308 e. The van der Waals surface area contributed by atoms with Crippen molar-refractivity contribution in [3.05, 3.63) is 57.8 Å². The summed E-state index contributed by atoms with van der Waals surface area (Å²) in [5.41, 5.74) is 2.68. The van der Waals surface area contributed by atoms with Gasteiger partial charge in [0.05, 0.1) is 0 Å². The first kappa shape index (κ1) is 10.4. The Morgan fingerprint density at radius 3 is 2.80 bits per heavy atom. The van der Waals surface area contributed by atoms with Crippen LogP contribution in [0.3, 0.4) is 0 Å². The van der Waals surface area contributed by atoms with E-state index in [1.807, 2.05) is 0 Å². The fourth-order valence-electron chi connectivity index (χ4n) is 1.57. The lowest BCUT2D eigenvalue weighted by Gasteiger charge is -2.04. The van der Waals surface area contributed by atoms with Crippen molar-refractivity contribution < 1.29 is 0 Å². The molecule has 0 aliphatic carbocycles. The van der Waals surface area contributed by atoms with Gasteiger partial charge < -0.3 is 5.32 Å². The molecule has 78 valence electrons. The fraction of sp³-hybridized carbons (Fsp3) is 0.231. The molecule has 1 N–H and O–H groups in total. The van der Waals surface area contributed by atoms with Crippen LogP contribution in [0.5, 0.6) is 0 Å². The topological polar surface area (TPSA) is 12.0 Å². The first-order valence-corrected chi connectivity index (χ1v) is 6.01.